The number of rotatable bonds is 13. The van der Waals surface area contributed by atoms with E-state index < -0.39 is 10.0 Å². The van der Waals surface area contributed by atoms with Gasteiger partial charge in [-0.2, -0.15) is 4.31 Å². The van der Waals surface area contributed by atoms with Crippen LogP contribution < -0.4 is 14.4 Å². The Kier molecular flexibility index (Phi) is 11.9. The fraction of sp³-hybridized carbons (Fsp3) is 0.472. The molecule has 2 aliphatic heterocycles. The molecular weight excluding hydrogens is 650 g/mol. The van der Waals surface area contributed by atoms with Crippen LogP contribution in [0.3, 0.4) is 0 Å². The maximum absolute atomic E-state index is 14.1. The maximum Gasteiger partial charge on any atom is 0.246 e. The van der Waals surface area contributed by atoms with Gasteiger partial charge in [-0.25, -0.2) is 13.4 Å². The fourth-order valence-corrected chi connectivity index (χ4v) is 8.83. The van der Waals surface area contributed by atoms with Crippen molar-refractivity contribution in [1.82, 2.24) is 18.8 Å². The summed E-state index contributed by atoms with van der Waals surface area (Å²) in [5.74, 6) is 1.82. The number of methoxy groups -OCH3 is 2. The Morgan fingerprint density at radius 1 is 0.875 bits per heavy atom. The van der Waals surface area contributed by atoms with Crippen LogP contribution in [0, 0.1) is 0 Å². The van der Waals surface area contributed by atoms with Gasteiger partial charge in [-0.1, -0.05) is 42.5 Å². The van der Waals surface area contributed by atoms with Crippen molar-refractivity contribution in [2.45, 2.75) is 43.0 Å². The summed E-state index contributed by atoms with van der Waals surface area (Å²) in [7, 11) is -0.779. The van der Waals surface area contributed by atoms with Crippen molar-refractivity contribution in [2.24, 2.45) is 0 Å². The zero-order valence-corrected chi connectivity index (χ0v) is 29.8. The minimum atomic E-state index is -3.81. The van der Waals surface area contributed by atoms with Crippen LogP contribution >= 0.6 is 12.4 Å². The van der Waals surface area contributed by atoms with Gasteiger partial charge in [-0.3, -0.25) is 0 Å². The summed E-state index contributed by atoms with van der Waals surface area (Å²) in [5, 5.41) is 0. The molecule has 3 heterocycles. The van der Waals surface area contributed by atoms with Crippen LogP contribution in [0.2, 0.25) is 0 Å². The number of halogens is 1. The average molecular weight is 698 g/mol. The van der Waals surface area contributed by atoms with Gasteiger partial charge in [0, 0.05) is 57.4 Å². The van der Waals surface area contributed by atoms with Gasteiger partial charge in [0.25, 0.3) is 0 Å². The lowest BCUT2D eigenvalue weighted by Crippen LogP contribution is -2.39. The largest absolute Gasteiger partial charge is 0.497 e. The lowest BCUT2D eigenvalue weighted by atomic mass is 9.77. The number of hydrogen-bond acceptors (Lipinski definition) is 8. The zero-order valence-electron chi connectivity index (χ0n) is 28.2. The molecule has 0 bridgehead atoms. The number of anilines is 1. The third-order valence-electron chi connectivity index (χ3n) is 9.77. The number of imidazole rings is 1. The Morgan fingerprint density at radius 2 is 1.67 bits per heavy atom. The summed E-state index contributed by atoms with van der Waals surface area (Å²) in [4.78, 5) is 10.2. The van der Waals surface area contributed by atoms with Gasteiger partial charge < -0.3 is 28.6 Å². The summed E-state index contributed by atoms with van der Waals surface area (Å²) >= 11 is 0. The SMILES string of the molecule is CCOCCn1c(N2CCCN(CCC3(c4ccccc4)CCN(S(=O)(=O)c4cc(OC)ccc4OC)C3)CC2)nc2ccccc21.Cl. The van der Waals surface area contributed by atoms with E-state index in [4.69, 9.17) is 19.2 Å². The highest BCUT2D eigenvalue weighted by Gasteiger charge is 2.45. The second-order valence-corrected chi connectivity index (χ2v) is 14.3. The molecule has 0 amide bonds. The fourth-order valence-electron chi connectivity index (χ4n) is 7.13. The summed E-state index contributed by atoms with van der Waals surface area (Å²) in [6.45, 7) is 9.63. The molecule has 2 fully saturated rings. The number of aromatic nitrogens is 2. The molecule has 0 saturated carbocycles. The van der Waals surface area contributed by atoms with Gasteiger partial charge in [0.15, 0.2) is 0 Å². The van der Waals surface area contributed by atoms with Gasteiger partial charge in [0.2, 0.25) is 16.0 Å². The molecule has 2 aliphatic rings. The van der Waals surface area contributed by atoms with Gasteiger partial charge in [-0.15, -0.1) is 12.4 Å². The first-order valence-electron chi connectivity index (χ1n) is 16.7. The van der Waals surface area contributed by atoms with Crippen LogP contribution in [0.4, 0.5) is 5.95 Å². The van der Waals surface area contributed by atoms with Gasteiger partial charge in [0.05, 0.1) is 31.9 Å². The maximum atomic E-state index is 14.1. The summed E-state index contributed by atoms with van der Waals surface area (Å²) in [6, 6.07) is 23.7. The predicted molar refractivity (Wildman–Crippen MR) is 192 cm³/mol. The van der Waals surface area contributed by atoms with E-state index in [2.05, 4.69) is 56.8 Å². The third kappa shape index (κ3) is 7.45. The molecule has 12 heteroatoms. The lowest BCUT2D eigenvalue weighted by molar-refractivity contribution is 0.140. The standard InChI is InChI=1S/C36H47N5O5S.ClH/c1-4-46-26-25-41-32-14-9-8-13-31(32)37-35(41)39-20-10-19-38(23-24-39)21-17-36(29-11-6-5-7-12-29)18-22-40(28-36)47(42,43)34-27-30(44-2)15-16-33(34)45-3;/h5-9,11-16,27H,4,10,17-26,28H2,1-3H3;1H. The van der Waals surface area contributed by atoms with Crippen LogP contribution in [0.25, 0.3) is 11.0 Å². The Labute approximate surface area is 291 Å². The molecular formula is C36H48ClN5O5S. The van der Waals surface area contributed by atoms with Crippen molar-refractivity contribution >= 4 is 39.4 Å². The smallest absolute Gasteiger partial charge is 0.246 e. The number of hydrogen-bond donors (Lipinski definition) is 0. The molecule has 2 saturated heterocycles. The van der Waals surface area contributed by atoms with Crippen molar-refractivity contribution < 1.29 is 22.6 Å². The summed E-state index contributed by atoms with van der Waals surface area (Å²) in [5.41, 5.74) is 3.05. The molecule has 10 nitrogen and oxygen atoms in total. The highest BCUT2D eigenvalue weighted by Crippen LogP contribution is 2.42. The lowest BCUT2D eigenvalue weighted by Gasteiger charge is -2.33. The first kappa shape index (κ1) is 35.9. The Morgan fingerprint density at radius 3 is 2.44 bits per heavy atom. The van der Waals surface area contributed by atoms with Crippen molar-refractivity contribution in [1.29, 1.82) is 0 Å². The van der Waals surface area contributed by atoms with E-state index in [9.17, 15) is 8.42 Å². The number of ether oxygens (including phenoxy) is 3. The summed E-state index contributed by atoms with van der Waals surface area (Å²) in [6.07, 6.45) is 2.65. The van der Waals surface area contributed by atoms with E-state index in [1.807, 2.05) is 19.1 Å². The second kappa shape index (κ2) is 15.9. The van der Waals surface area contributed by atoms with Crippen LogP contribution in [-0.4, -0.2) is 100 Å². The molecule has 6 rings (SSSR count). The minimum Gasteiger partial charge on any atom is -0.497 e. The Hall–Kier alpha value is -3.35. The zero-order chi connectivity index (χ0) is 32.9. The Bertz CT molecular complexity index is 1750. The van der Waals surface area contributed by atoms with E-state index >= 15 is 0 Å². The van der Waals surface area contributed by atoms with Crippen molar-refractivity contribution in [3.63, 3.8) is 0 Å². The van der Waals surface area contributed by atoms with Crippen molar-refractivity contribution in [3.05, 3.63) is 78.4 Å². The van der Waals surface area contributed by atoms with E-state index in [0.717, 1.165) is 75.5 Å². The van der Waals surface area contributed by atoms with E-state index in [0.29, 0.717) is 37.8 Å². The second-order valence-electron chi connectivity index (χ2n) is 12.4. The molecule has 1 unspecified atom stereocenters. The van der Waals surface area contributed by atoms with Crippen LogP contribution in [0.5, 0.6) is 11.5 Å². The first-order valence-corrected chi connectivity index (χ1v) is 18.1. The molecule has 0 aliphatic carbocycles. The van der Waals surface area contributed by atoms with Crippen LogP contribution in [0.15, 0.2) is 77.7 Å². The number of para-hydroxylation sites is 2. The Balaban J connectivity index is 0.00000451. The highest BCUT2D eigenvalue weighted by atomic mass is 35.5. The molecule has 0 spiro atoms. The number of benzene rings is 3. The summed E-state index contributed by atoms with van der Waals surface area (Å²) < 4.78 is 48.6. The monoisotopic (exact) mass is 697 g/mol. The van der Waals surface area contributed by atoms with E-state index in [-0.39, 0.29) is 22.7 Å². The van der Waals surface area contributed by atoms with Gasteiger partial charge >= 0.3 is 0 Å². The molecule has 1 aromatic heterocycles. The third-order valence-corrected chi connectivity index (χ3v) is 11.6. The van der Waals surface area contributed by atoms with Crippen LogP contribution in [-0.2, 0) is 26.7 Å². The van der Waals surface area contributed by atoms with Gasteiger partial charge in [-0.05, 0) is 69.1 Å². The average Bonchev–Trinajstić information content (AvgIpc) is 3.63. The predicted octanol–water partition coefficient (Wildman–Crippen LogP) is 5.45. The van der Waals surface area contributed by atoms with E-state index in [1.54, 1.807) is 22.5 Å². The molecule has 260 valence electrons. The molecule has 0 radical (unpaired) electrons. The molecule has 48 heavy (non-hydrogen) atoms. The minimum absolute atomic E-state index is 0. The molecule has 1 atom stereocenters. The molecule has 3 aromatic carbocycles. The van der Waals surface area contributed by atoms with Crippen molar-refractivity contribution in [3.8, 4) is 11.5 Å². The number of fused-ring (bicyclic) bond motifs is 1. The first-order chi connectivity index (χ1) is 22.9. The van der Waals surface area contributed by atoms with Crippen molar-refractivity contribution in [2.75, 3.05) is 78.1 Å². The normalized spacial score (nSPS) is 19.3. The van der Waals surface area contributed by atoms with E-state index in [1.165, 1.54) is 19.8 Å². The quantitative estimate of drug-likeness (QED) is 0.171. The number of nitrogens with zero attached hydrogens (tertiary/aromatic N) is 5. The van der Waals surface area contributed by atoms with Gasteiger partial charge in [0.1, 0.15) is 16.4 Å². The molecule has 0 N–H and O–H groups in total. The topological polar surface area (TPSA) is 89.4 Å². The highest BCUT2D eigenvalue weighted by molar-refractivity contribution is 7.89. The number of sulfonamides is 1. The van der Waals surface area contributed by atoms with Crippen LogP contribution in [0.1, 0.15) is 31.7 Å². The molecule has 4 aromatic rings.